The van der Waals surface area contributed by atoms with Crippen LogP contribution in [0.1, 0.15) is 25.6 Å². The van der Waals surface area contributed by atoms with Crippen LogP contribution in [0.15, 0.2) is 67.3 Å². The molecule has 0 bridgehead atoms. The van der Waals surface area contributed by atoms with Crippen molar-refractivity contribution < 1.29 is 0 Å². The third kappa shape index (κ3) is 6.54. The molecule has 3 heteroatoms. The molecule has 0 radical (unpaired) electrons. The van der Waals surface area contributed by atoms with Crippen LogP contribution in [-0.2, 0) is 0 Å². The molecule has 0 spiro atoms. The molecule has 116 valence electrons. The van der Waals surface area contributed by atoms with Crippen LogP contribution in [0.5, 0.6) is 0 Å². The van der Waals surface area contributed by atoms with Gasteiger partial charge in [-0.1, -0.05) is 75.6 Å². The van der Waals surface area contributed by atoms with Gasteiger partial charge in [-0.2, -0.15) is 0 Å². The Kier molecular flexibility index (Phi) is 10.1. The number of likely N-dealkylation sites (N-methyl/N-ethyl adjacent to an activating group) is 1. The fourth-order valence-electron chi connectivity index (χ4n) is 1.88. The Morgan fingerprint density at radius 2 is 1.76 bits per heavy atom. The van der Waals surface area contributed by atoms with E-state index < -0.39 is 0 Å². The largest absolute Gasteiger partial charge is 0.312 e. The van der Waals surface area contributed by atoms with E-state index in [2.05, 4.69) is 23.4 Å². The lowest BCUT2D eigenvalue weighted by Crippen LogP contribution is -2.46. The number of hydrogen-bond acceptors (Lipinski definition) is 3. The molecular weight excluding hydrogens is 258 g/mol. The van der Waals surface area contributed by atoms with E-state index in [4.69, 9.17) is 5.73 Å². The van der Waals surface area contributed by atoms with Crippen LogP contribution in [0.3, 0.4) is 0 Å². The first kappa shape index (κ1) is 19.3. The summed E-state index contributed by atoms with van der Waals surface area (Å²) in [7, 11) is 3.99. The lowest BCUT2D eigenvalue weighted by atomic mass is 10.1. The normalized spacial score (nSPS) is 13.9. The summed E-state index contributed by atoms with van der Waals surface area (Å²) < 4.78 is 0. The Labute approximate surface area is 129 Å². The molecule has 0 amide bonds. The highest BCUT2D eigenvalue weighted by Gasteiger charge is 2.17. The SMILES string of the molecule is C=C/C=C(\C=C)C(NC(N)c1ccccc1)N(C)C.CC. The molecule has 0 fully saturated rings. The first-order valence-electron chi connectivity index (χ1n) is 7.28. The number of hydrogen-bond donors (Lipinski definition) is 2. The molecular formula is C18H29N3. The van der Waals surface area contributed by atoms with Gasteiger partial charge in [-0.25, -0.2) is 0 Å². The smallest absolute Gasteiger partial charge is 0.0870 e. The van der Waals surface area contributed by atoms with Gasteiger partial charge in [0.15, 0.2) is 0 Å². The number of rotatable bonds is 7. The maximum Gasteiger partial charge on any atom is 0.0870 e. The van der Waals surface area contributed by atoms with Gasteiger partial charge in [0.25, 0.3) is 0 Å². The lowest BCUT2D eigenvalue weighted by Gasteiger charge is -2.30. The fourth-order valence-corrected chi connectivity index (χ4v) is 1.88. The van der Waals surface area contributed by atoms with E-state index in [1.54, 1.807) is 6.08 Å². The number of nitrogens with zero attached hydrogens (tertiary/aromatic N) is 1. The second-order valence-electron chi connectivity index (χ2n) is 4.53. The monoisotopic (exact) mass is 287 g/mol. The zero-order chi connectivity index (χ0) is 16.3. The van der Waals surface area contributed by atoms with Crippen molar-refractivity contribution in [2.45, 2.75) is 26.2 Å². The highest BCUT2D eigenvalue weighted by Crippen LogP contribution is 2.13. The van der Waals surface area contributed by atoms with E-state index in [9.17, 15) is 0 Å². The van der Waals surface area contributed by atoms with Crippen molar-refractivity contribution in [1.29, 1.82) is 0 Å². The van der Waals surface area contributed by atoms with Gasteiger partial charge < -0.3 is 5.73 Å². The summed E-state index contributed by atoms with van der Waals surface area (Å²) in [4.78, 5) is 2.06. The van der Waals surface area contributed by atoms with E-state index in [1.165, 1.54) is 0 Å². The van der Waals surface area contributed by atoms with E-state index >= 15 is 0 Å². The zero-order valence-electron chi connectivity index (χ0n) is 13.7. The number of nitrogens with one attached hydrogen (secondary N) is 1. The van der Waals surface area contributed by atoms with Gasteiger partial charge in [-0.05, 0) is 25.2 Å². The molecule has 21 heavy (non-hydrogen) atoms. The van der Waals surface area contributed by atoms with Crippen molar-refractivity contribution in [3.8, 4) is 0 Å². The van der Waals surface area contributed by atoms with Gasteiger partial charge >= 0.3 is 0 Å². The standard InChI is InChI=1S/C16H23N3.C2H6/c1-5-10-13(6-2)16(19(3)4)18-15(17)14-11-8-7-9-12-14;1-2/h5-12,15-16,18H,1-2,17H2,3-4H3;1-2H3/b13-10+;. The topological polar surface area (TPSA) is 41.3 Å². The highest BCUT2D eigenvalue weighted by atomic mass is 15.3. The van der Waals surface area contributed by atoms with E-state index in [-0.39, 0.29) is 12.3 Å². The molecule has 0 aliphatic rings. The Balaban J connectivity index is 0.00000191. The van der Waals surface area contributed by atoms with Crippen LogP contribution in [0.25, 0.3) is 0 Å². The van der Waals surface area contributed by atoms with Crippen LogP contribution in [-0.4, -0.2) is 25.2 Å². The molecule has 1 rings (SSSR count). The number of nitrogens with two attached hydrogens (primary N) is 1. The molecule has 0 saturated carbocycles. The van der Waals surface area contributed by atoms with Crippen molar-refractivity contribution in [2.75, 3.05) is 14.1 Å². The summed E-state index contributed by atoms with van der Waals surface area (Å²) >= 11 is 0. The third-order valence-corrected chi connectivity index (χ3v) is 2.87. The second kappa shape index (κ2) is 11.0. The molecule has 0 aliphatic carbocycles. The summed E-state index contributed by atoms with van der Waals surface area (Å²) in [6.45, 7) is 11.6. The molecule has 3 N–H and O–H groups in total. The minimum atomic E-state index is -0.234. The molecule has 0 saturated heterocycles. The highest BCUT2D eigenvalue weighted by molar-refractivity contribution is 5.27. The van der Waals surface area contributed by atoms with Gasteiger partial charge in [-0.15, -0.1) is 0 Å². The van der Waals surface area contributed by atoms with Crippen molar-refractivity contribution >= 4 is 0 Å². The van der Waals surface area contributed by atoms with E-state index in [0.717, 1.165) is 11.1 Å². The van der Waals surface area contributed by atoms with Gasteiger partial charge in [0, 0.05) is 0 Å². The Morgan fingerprint density at radius 1 is 1.19 bits per heavy atom. The summed E-state index contributed by atoms with van der Waals surface area (Å²) in [5.74, 6) is 0. The molecule has 0 heterocycles. The minimum Gasteiger partial charge on any atom is -0.312 e. The second-order valence-corrected chi connectivity index (χ2v) is 4.53. The Morgan fingerprint density at radius 3 is 2.19 bits per heavy atom. The van der Waals surface area contributed by atoms with Crippen molar-refractivity contribution in [1.82, 2.24) is 10.2 Å². The predicted molar refractivity (Wildman–Crippen MR) is 93.8 cm³/mol. The van der Waals surface area contributed by atoms with Crippen LogP contribution >= 0.6 is 0 Å². The van der Waals surface area contributed by atoms with Gasteiger partial charge in [0.1, 0.15) is 0 Å². The van der Waals surface area contributed by atoms with Crippen LogP contribution in [0, 0.1) is 0 Å². The molecule has 3 nitrogen and oxygen atoms in total. The quantitative estimate of drug-likeness (QED) is 0.596. The summed E-state index contributed by atoms with van der Waals surface area (Å²) in [5.41, 5.74) is 8.28. The average molecular weight is 287 g/mol. The maximum absolute atomic E-state index is 6.20. The van der Waals surface area contributed by atoms with E-state index in [1.807, 2.05) is 70.4 Å². The Bertz CT molecular complexity index is 435. The van der Waals surface area contributed by atoms with Crippen molar-refractivity contribution in [3.63, 3.8) is 0 Å². The van der Waals surface area contributed by atoms with Crippen LogP contribution in [0.2, 0.25) is 0 Å². The molecule has 2 atom stereocenters. The molecule has 1 aromatic carbocycles. The molecule has 0 aliphatic heterocycles. The zero-order valence-corrected chi connectivity index (χ0v) is 13.7. The van der Waals surface area contributed by atoms with Gasteiger partial charge in [-0.3, -0.25) is 10.2 Å². The molecule has 2 unspecified atom stereocenters. The average Bonchev–Trinajstić information content (AvgIpc) is 2.53. The lowest BCUT2D eigenvalue weighted by molar-refractivity contribution is 0.263. The first-order chi connectivity index (χ1) is 10.1. The Hall–Kier alpha value is -1.68. The van der Waals surface area contributed by atoms with Crippen molar-refractivity contribution in [3.05, 3.63) is 72.9 Å². The minimum absolute atomic E-state index is 0.00861. The summed E-state index contributed by atoms with van der Waals surface area (Å²) in [5, 5.41) is 3.38. The van der Waals surface area contributed by atoms with Gasteiger partial charge in [0.05, 0.1) is 12.3 Å². The third-order valence-electron chi connectivity index (χ3n) is 2.87. The predicted octanol–water partition coefficient (Wildman–Crippen LogP) is 3.45. The summed E-state index contributed by atoms with van der Waals surface area (Å²) in [6.07, 6.45) is 5.26. The molecule has 1 aromatic rings. The maximum atomic E-state index is 6.20. The van der Waals surface area contributed by atoms with Gasteiger partial charge in [0.2, 0.25) is 0 Å². The number of benzene rings is 1. The first-order valence-corrected chi connectivity index (χ1v) is 7.28. The summed E-state index contributed by atoms with van der Waals surface area (Å²) in [6, 6.07) is 9.96. The van der Waals surface area contributed by atoms with Crippen LogP contribution < -0.4 is 11.1 Å². The molecule has 0 aromatic heterocycles. The van der Waals surface area contributed by atoms with Crippen molar-refractivity contribution in [2.24, 2.45) is 5.73 Å². The van der Waals surface area contributed by atoms with E-state index in [0.29, 0.717) is 0 Å². The fraction of sp³-hybridized carbons (Fsp3) is 0.333. The number of allylic oxidation sites excluding steroid dienone is 2. The van der Waals surface area contributed by atoms with Crippen LogP contribution in [0.4, 0.5) is 0 Å².